The van der Waals surface area contributed by atoms with Crippen LogP contribution in [0.4, 0.5) is 0 Å². The van der Waals surface area contributed by atoms with Gasteiger partial charge in [0.25, 0.3) is 0 Å². The zero-order valence-corrected chi connectivity index (χ0v) is 6.41. The highest BCUT2D eigenvalue weighted by atomic mass is 14.9. The second-order valence-electron chi connectivity index (χ2n) is 2.28. The first kappa shape index (κ1) is 7.67. The van der Waals surface area contributed by atoms with Gasteiger partial charge in [-0.3, -0.25) is 0 Å². The molecule has 0 aliphatic heterocycles. The van der Waals surface area contributed by atoms with E-state index in [-0.39, 0.29) is 5.82 Å². The van der Waals surface area contributed by atoms with E-state index in [1.807, 2.05) is 6.07 Å². The van der Waals surface area contributed by atoms with Crippen molar-refractivity contribution in [1.29, 1.82) is 5.26 Å². The zero-order valence-electron chi connectivity index (χ0n) is 6.41. The number of aryl methyl sites for hydroxylation is 1. The maximum Gasteiger partial charge on any atom is 0.232 e. The van der Waals surface area contributed by atoms with Crippen LogP contribution in [-0.4, -0.2) is 9.97 Å². The summed E-state index contributed by atoms with van der Waals surface area (Å²) in [5, 5.41) is 8.38. The lowest BCUT2D eigenvalue weighted by atomic mass is 10.2. The fraction of sp³-hybridized carbons (Fsp3) is 0.375. The van der Waals surface area contributed by atoms with Gasteiger partial charge in [-0.25, -0.2) is 9.97 Å². The summed E-state index contributed by atoms with van der Waals surface area (Å²) < 4.78 is 0. The van der Waals surface area contributed by atoms with Gasteiger partial charge in [0.2, 0.25) is 5.82 Å². The number of hydrogen-bond donors (Lipinski definition) is 0. The molecule has 0 saturated heterocycles. The van der Waals surface area contributed by atoms with Gasteiger partial charge in [0.1, 0.15) is 6.07 Å². The highest BCUT2D eigenvalue weighted by Crippen LogP contribution is 1.98. The van der Waals surface area contributed by atoms with Gasteiger partial charge in [-0.1, -0.05) is 13.3 Å². The minimum Gasteiger partial charge on any atom is -0.227 e. The van der Waals surface area contributed by atoms with Crippen LogP contribution in [0.25, 0.3) is 0 Å². The van der Waals surface area contributed by atoms with Gasteiger partial charge < -0.3 is 0 Å². The van der Waals surface area contributed by atoms with Crippen LogP contribution in [0.15, 0.2) is 12.4 Å². The van der Waals surface area contributed by atoms with E-state index >= 15 is 0 Å². The van der Waals surface area contributed by atoms with Crippen molar-refractivity contribution in [1.82, 2.24) is 9.97 Å². The smallest absolute Gasteiger partial charge is 0.227 e. The van der Waals surface area contributed by atoms with Gasteiger partial charge in [-0.2, -0.15) is 5.26 Å². The van der Waals surface area contributed by atoms with E-state index in [2.05, 4.69) is 16.9 Å². The predicted molar refractivity (Wildman–Crippen MR) is 40.7 cm³/mol. The molecule has 0 atom stereocenters. The van der Waals surface area contributed by atoms with Gasteiger partial charge >= 0.3 is 0 Å². The minimum absolute atomic E-state index is 0.241. The number of hydrogen-bond acceptors (Lipinski definition) is 3. The van der Waals surface area contributed by atoms with E-state index in [4.69, 9.17) is 5.26 Å². The van der Waals surface area contributed by atoms with Crippen molar-refractivity contribution in [2.24, 2.45) is 0 Å². The predicted octanol–water partition coefficient (Wildman–Crippen LogP) is 1.30. The Hall–Kier alpha value is -1.43. The van der Waals surface area contributed by atoms with Crippen LogP contribution in [-0.2, 0) is 6.42 Å². The normalized spacial score (nSPS) is 9.09. The molecule has 0 N–H and O–H groups in total. The molecule has 56 valence electrons. The summed E-state index contributed by atoms with van der Waals surface area (Å²) in [5.41, 5.74) is 1.09. The monoisotopic (exact) mass is 147 g/mol. The van der Waals surface area contributed by atoms with Crippen molar-refractivity contribution in [3.05, 3.63) is 23.8 Å². The lowest BCUT2D eigenvalue weighted by molar-refractivity contribution is 0.896. The van der Waals surface area contributed by atoms with E-state index in [1.165, 1.54) is 0 Å². The summed E-state index contributed by atoms with van der Waals surface area (Å²) in [4.78, 5) is 7.69. The third kappa shape index (κ3) is 2.01. The van der Waals surface area contributed by atoms with Crippen LogP contribution < -0.4 is 0 Å². The molecule has 0 saturated carbocycles. The molecule has 1 aromatic heterocycles. The van der Waals surface area contributed by atoms with E-state index in [9.17, 15) is 0 Å². The average molecular weight is 147 g/mol. The lowest BCUT2D eigenvalue weighted by Gasteiger charge is -1.94. The fourth-order valence-corrected chi connectivity index (χ4v) is 0.830. The molecule has 1 rings (SSSR count). The standard InChI is InChI=1S/C8H9N3/c1-2-3-7-5-10-8(4-9)11-6-7/h5-6H,2-3H2,1H3. The summed E-state index contributed by atoms with van der Waals surface area (Å²) >= 11 is 0. The maximum absolute atomic E-state index is 8.38. The molecule has 3 heteroatoms. The molecule has 11 heavy (non-hydrogen) atoms. The van der Waals surface area contributed by atoms with E-state index in [0.29, 0.717) is 0 Å². The largest absolute Gasteiger partial charge is 0.232 e. The second-order valence-corrected chi connectivity index (χ2v) is 2.28. The Morgan fingerprint density at radius 3 is 2.55 bits per heavy atom. The Morgan fingerprint density at radius 2 is 2.09 bits per heavy atom. The van der Waals surface area contributed by atoms with E-state index in [1.54, 1.807) is 12.4 Å². The molecule has 1 aromatic rings. The van der Waals surface area contributed by atoms with Crippen LogP contribution in [0.2, 0.25) is 0 Å². The summed E-state index contributed by atoms with van der Waals surface area (Å²) in [5.74, 6) is 0.241. The van der Waals surface area contributed by atoms with Gasteiger partial charge in [0, 0.05) is 12.4 Å². The Bertz CT molecular complexity index is 258. The summed E-state index contributed by atoms with van der Waals surface area (Å²) in [6.45, 7) is 2.10. The number of rotatable bonds is 2. The molecule has 0 unspecified atom stereocenters. The highest BCUT2D eigenvalue weighted by Gasteiger charge is 1.93. The van der Waals surface area contributed by atoms with Gasteiger partial charge in [-0.15, -0.1) is 0 Å². The Kier molecular flexibility index (Phi) is 2.56. The Labute approximate surface area is 65.7 Å². The Balaban J connectivity index is 2.76. The molecule has 0 amide bonds. The van der Waals surface area contributed by atoms with Crippen LogP contribution in [0, 0.1) is 11.3 Å². The number of aromatic nitrogens is 2. The van der Waals surface area contributed by atoms with Crippen molar-refractivity contribution in [3.63, 3.8) is 0 Å². The number of nitrogens with zero attached hydrogens (tertiary/aromatic N) is 3. The van der Waals surface area contributed by atoms with Crippen molar-refractivity contribution < 1.29 is 0 Å². The third-order valence-electron chi connectivity index (χ3n) is 1.34. The van der Waals surface area contributed by atoms with Crippen molar-refractivity contribution >= 4 is 0 Å². The maximum atomic E-state index is 8.38. The molecule has 0 radical (unpaired) electrons. The van der Waals surface area contributed by atoms with Crippen LogP contribution in [0.3, 0.4) is 0 Å². The fourth-order valence-electron chi connectivity index (χ4n) is 0.830. The molecule has 0 spiro atoms. The summed E-state index contributed by atoms with van der Waals surface area (Å²) in [7, 11) is 0. The third-order valence-corrected chi connectivity index (χ3v) is 1.34. The molecule has 0 fully saturated rings. The number of nitriles is 1. The van der Waals surface area contributed by atoms with Crippen molar-refractivity contribution in [3.8, 4) is 6.07 Å². The SMILES string of the molecule is CCCc1cnc(C#N)nc1. The first-order valence-corrected chi connectivity index (χ1v) is 3.58. The van der Waals surface area contributed by atoms with E-state index in [0.717, 1.165) is 18.4 Å². The minimum atomic E-state index is 0.241. The van der Waals surface area contributed by atoms with Crippen molar-refractivity contribution in [2.75, 3.05) is 0 Å². The Morgan fingerprint density at radius 1 is 1.45 bits per heavy atom. The van der Waals surface area contributed by atoms with Crippen LogP contribution in [0.1, 0.15) is 24.7 Å². The second kappa shape index (κ2) is 3.67. The first-order valence-electron chi connectivity index (χ1n) is 3.58. The first-order chi connectivity index (χ1) is 5.36. The van der Waals surface area contributed by atoms with Crippen molar-refractivity contribution in [2.45, 2.75) is 19.8 Å². The topological polar surface area (TPSA) is 49.6 Å². The summed E-state index contributed by atoms with van der Waals surface area (Å²) in [6, 6.07) is 1.87. The lowest BCUT2D eigenvalue weighted by Crippen LogP contribution is -1.91. The molecule has 3 nitrogen and oxygen atoms in total. The van der Waals surface area contributed by atoms with Crippen LogP contribution >= 0.6 is 0 Å². The average Bonchev–Trinajstić information content (AvgIpc) is 2.07. The summed E-state index contributed by atoms with van der Waals surface area (Å²) in [6.07, 6.45) is 5.46. The molecule has 0 aliphatic carbocycles. The van der Waals surface area contributed by atoms with Gasteiger partial charge in [0.15, 0.2) is 0 Å². The molecular formula is C8H9N3. The van der Waals surface area contributed by atoms with Gasteiger partial charge in [-0.05, 0) is 12.0 Å². The van der Waals surface area contributed by atoms with E-state index < -0.39 is 0 Å². The zero-order chi connectivity index (χ0) is 8.10. The molecule has 1 heterocycles. The highest BCUT2D eigenvalue weighted by molar-refractivity contribution is 5.12. The molecule has 0 aliphatic rings. The van der Waals surface area contributed by atoms with Gasteiger partial charge in [0.05, 0.1) is 0 Å². The molecule has 0 aromatic carbocycles. The molecule has 0 bridgehead atoms. The quantitative estimate of drug-likeness (QED) is 0.633. The molecular weight excluding hydrogens is 138 g/mol. The van der Waals surface area contributed by atoms with Crippen LogP contribution in [0.5, 0.6) is 0 Å².